The molecule has 11 heavy (non-hydrogen) atoms. The first kappa shape index (κ1) is 8.36. The van der Waals surface area contributed by atoms with Crippen LogP contribution in [0.4, 0.5) is 0 Å². The quantitative estimate of drug-likeness (QED) is 0.405. The van der Waals surface area contributed by atoms with E-state index in [2.05, 4.69) is 24.4 Å². The van der Waals surface area contributed by atoms with Gasteiger partial charge in [-0.3, -0.25) is 0 Å². The normalized spacial score (nSPS) is 26.5. The highest BCUT2D eigenvalue weighted by molar-refractivity contribution is 5.05. The fourth-order valence-corrected chi connectivity index (χ4v) is 1.47. The third-order valence-electron chi connectivity index (χ3n) is 2.32. The van der Waals surface area contributed by atoms with Crippen molar-refractivity contribution >= 4 is 0 Å². The molecular weight excluding hydrogens is 134 g/mol. The Bertz CT molecular complexity index is 188. The standard InChI is InChI=1S/C10H15N/c1-4-5-10-8-9(2)6-7-11(10)3/h1,10H,2,5-8H2,3H3. The number of likely N-dealkylation sites (tertiary alicyclic amines) is 1. The molecule has 0 bridgehead atoms. The Morgan fingerprint density at radius 3 is 3.18 bits per heavy atom. The van der Waals surface area contributed by atoms with Crippen LogP contribution in [-0.4, -0.2) is 24.5 Å². The second-order valence-electron chi connectivity index (χ2n) is 3.25. The van der Waals surface area contributed by atoms with Gasteiger partial charge in [-0.05, 0) is 19.9 Å². The van der Waals surface area contributed by atoms with Gasteiger partial charge in [-0.2, -0.15) is 0 Å². The molecule has 1 unspecified atom stereocenters. The van der Waals surface area contributed by atoms with Crippen LogP contribution >= 0.6 is 0 Å². The molecule has 0 aromatic heterocycles. The minimum Gasteiger partial charge on any atom is -0.302 e. The Morgan fingerprint density at radius 2 is 2.55 bits per heavy atom. The number of nitrogens with zero attached hydrogens (tertiary/aromatic N) is 1. The van der Waals surface area contributed by atoms with Crippen molar-refractivity contribution in [3.8, 4) is 12.3 Å². The monoisotopic (exact) mass is 149 g/mol. The van der Waals surface area contributed by atoms with Crippen molar-refractivity contribution in [1.29, 1.82) is 0 Å². The summed E-state index contributed by atoms with van der Waals surface area (Å²) in [4.78, 5) is 2.33. The smallest absolute Gasteiger partial charge is 0.0245 e. The zero-order valence-electron chi connectivity index (χ0n) is 7.14. The molecule has 0 amide bonds. The van der Waals surface area contributed by atoms with Crippen molar-refractivity contribution in [3.05, 3.63) is 12.2 Å². The molecule has 0 spiro atoms. The molecule has 1 aliphatic heterocycles. The van der Waals surface area contributed by atoms with Crippen molar-refractivity contribution in [2.45, 2.75) is 25.3 Å². The van der Waals surface area contributed by atoms with E-state index in [0.29, 0.717) is 6.04 Å². The number of hydrogen-bond donors (Lipinski definition) is 0. The number of hydrogen-bond acceptors (Lipinski definition) is 1. The van der Waals surface area contributed by atoms with E-state index in [1.54, 1.807) is 0 Å². The van der Waals surface area contributed by atoms with Gasteiger partial charge in [-0.1, -0.05) is 12.2 Å². The third-order valence-corrected chi connectivity index (χ3v) is 2.32. The molecule has 1 heterocycles. The topological polar surface area (TPSA) is 3.24 Å². The molecule has 0 aliphatic carbocycles. The molecule has 0 N–H and O–H groups in total. The van der Waals surface area contributed by atoms with Crippen molar-refractivity contribution < 1.29 is 0 Å². The molecule has 1 aliphatic rings. The summed E-state index contributed by atoms with van der Waals surface area (Å²) in [6, 6.07) is 0.543. The van der Waals surface area contributed by atoms with Crippen molar-refractivity contribution in [2.24, 2.45) is 0 Å². The van der Waals surface area contributed by atoms with Crippen LogP contribution in [0.5, 0.6) is 0 Å². The van der Waals surface area contributed by atoms with Crippen LogP contribution in [0.15, 0.2) is 12.2 Å². The van der Waals surface area contributed by atoms with E-state index >= 15 is 0 Å². The average molecular weight is 149 g/mol. The fourth-order valence-electron chi connectivity index (χ4n) is 1.47. The minimum absolute atomic E-state index is 0.543. The van der Waals surface area contributed by atoms with E-state index < -0.39 is 0 Å². The zero-order chi connectivity index (χ0) is 8.27. The molecule has 1 rings (SSSR count). The first-order valence-electron chi connectivity index (χ1n) is 4.04. The minimum atomic E-state index is 0.543. The predicted molar refractivity (Wildman–Crippen MR) is 48.2 cm³/mol. The van der Waals surface area contributed by atoms with E-state index in [4.69, 9.17) is 6.42 Å². The summed E-state index contributed by atoms with van der Waals surface area (Å²) >= 11 is 0. The van der Waals surface area contributed by atoms with Crippen LogP contribution in [0, 0.1) is 12.3 Å². The molecule has 0 aromatic rings. The van der Waals surface area contributed by atoms with Crippen LogP contribution < -0.4 is 0 Å². The predicted octanol–water partition coefficient (Wildman–Crippen LogP) is 1.66. The van der Waals surface area contributed by atoms with Crippen molar-refractivity contribution in [1.82, 2.24) is 4.90 Å². The Labute approximate surface area is 69.1 Å². The molecule has 0 saturated carbocycles. The SMILES string of the molecule is C#CCC1CC(=C)CCN1C. The highest BCUT2D eigenvalue weighted by Crippen LogP contribution is 2.20. The van der Waals surface area contributed by atoms with Gasteiger partial charge in [0.15, 0.2) is 0 Å². The van der Waals surface area contributed by atoms with Crippen LogP contribution in [0.1, 0.15) is 19.3 Å². The van der Waals surface area contributed by atoms with Crippen LogP contribution in [0.25, 0.3) is 0 Å². The Morgan fingerprint density at radius 1 is 1.82 bits per heavy atom. The molecule has 0 radical (unpaired) electrons. The van der Waals surface area contributed by atoms with Gasteiger partial charge in [-0.25, -0.2) is 0 Å². The van der Waals surface area contributed by atoms with Gasteiger partial charge in [0.1, 0.15) is 0 Å². The summed E-state index contributed by atoms with van der Waals surface area (Å²) in [7, 11) is 2.13. The summed E-state index contributed by atoms with van der Waals surface area (Å²) < 4.78 is 0. The maximum absolute atomic E-state index is 5.26. The Kier molecular flexibility index (Phi) is 2.73. The highest BCUT2D eigenvalue weighted by Gasteiger charge is 2.19. The van der Waals surface area contributed by atoms with Gasteiger partial charge in [0.25, 0.3) is 0 Å². The third kappa shape index (κ3) is 2.10. The van der Waals surface area contributed by atoms with Crippen molar-refractivity contribution in [2.75, 3.05) is 13.6 Å². The van der Waals surface area contributed by atoms with E-state index in [-0.39, 0.29) is 0 Å². The molecule has 1 atom stereocenters. The highest BCUT2D eigenvalue weighted by atomic mass is 15.1. The lowest BCUT2D eigenvalue weighted by atomic mass is 9.97. The Hall–Kier alpha value is -0.740. The number of rotatable bonds is 1. The zero-order valence-corrected chi connectivity index (χ0v) is 7.14. The number of piperidine rings is 1. The summed E-state index contributed by atoms with van der Waals surface area (Å²) in [5.74, 6) is 2.71. The summed E-state index contributed by atoms with van der Waals surface area (Å²) in [5, 5.41) is 0. The van der Waals surface area contributed by atoms with Gasteiger partial charge in [0.05, 0.1) is 0 Å². The molecule has 1 fully saturated rings. The fraction of sp³-hybridized carbons (Fsp3) is 0.600. The van der Waals surface area contributed by atoms with Crippen molar-refractivity contribution in [3.63, 3.8) is 0 Å². The first-order valence-corrected chi connectivity index (χ1v) is 4.04. The van der Waals surface area contributed by atoms with Crippen LogP contribution in [0.3, 0.4) is 0 Å². The van der Waals surface area contributed by atoms with E-state index in [1.807, 2.05) is 0 Å². The van der Waals surface area contributed by atoms with Gasteiger partial charge in [0, 0.05) is 19.0 Å². The summed E-state index contributed by atoms with van der Waals surface area (Å²) in [6.45, 7) is 5.10. The lowest BCUT2D eigenvalue weighted by Crippen LogP contribution is -2.36. The van der Waals surface area contributed by atoms with Gasteiger partial charge in [0.2, 0.25) is 0 Å². The molecule has 1 heteroatoms. The average Bonchev–Trinajstić information content (AvgIpc) is 1.98. The lowest BCUT2D eigenvalue weighted by molar-refractivity contribution is 0.219. The van der Waals surface area contributed by atoms with Crippen LogP contribution in [-0.2, 0) is 0 Å². The Balaban J connectivity index is 2.48. The number of terminal acetylenes is 1. The maximum atomic E-state index is 5.26. The molecule has 0 aromatic carbocycles. The second kappa shape index (κ2) is 3.59. The maximum Gasteiger partial charge on any atom is 0.0245 e. The van der Waals surface area contributed by atoms with Crippen LogP contribution in [0.2, 0.25) is 0 Å². The van der Waals surface area contributed by atoms with E-state index in [9.17, 15) is 0 Å². The molecular formula is C10H15N. The van der Waals surface area contributed by atoms with Gasteiger partial charge >= 0.3 is 0 Å². The lowest BCUT2D eigenvalue weighted by Gasteiger charge is -2.32. The molecule has 60 valence electrons. The second-order valence-corrected chi connectivity index (χ2v) is 3.25. The first-order chi connectivity index (χ1) is 5.24. The van der Waals surface area contributed by atoms with Gasteiger partial charge < -0.3 is 4.90 Å². The summed E-state index contributed by atoms with van der Waals surface area (Å²) in [5.41, 5.74) is 1.35. The van der Waals surface area contributed by atoms with E-state index in [1.165, 1.54) is 5.57 Å². The summed E-state index contributed by atoms with van der Waals surface area (Å²) in [6.07, 6.45) is 8.34. The largest absolute Gasteiger partial charge is 0.302 e. The molecule has 1 saturated heterocycles. The molecule has 1 nitrogen and oxygen atoms in total. The van der Waals surface area contributed by atoms with Gasteiger partial charge in [-0.15, -0.1) is 12.3 Å². The van der Waals surface area contributed by atoms with E-state index in [0.717, 1.165) is 25.8 Å².